The monoisotopic (exact) mass is 241 g/mol. The predicted molar refractivity (Wildman–Crippen MR) is 63.4 cm³/mol. The average Bonchev–Trinajstić information content (AvgIpc) is 2.42. The highest BCUT2D eigenvalue weighted by Gasteiger charge is 2.17. The summed E-state index contributed by atoms with van der Waals surface area (Å²) in [5.41, 5.74) is 0.0524. The Labute approximate surface area is 98.6 Å². The maximum absolute atomic E-state index is 11.5. The zero-order valence-corrected chi connectivity index (χ0v) is 10.6. The Morgan fingerprint density at radius 3 is 2.62 bits per heavy atom. The second kappa shape index (κ2) is 4.65. The van der Waals surface area contributed by atoms with Crippen LogP contribution in [0.4, 0.5) is 4.79 Å². The predicted octanol–water partition coefficient (Wildman–Crippen LogP) is 2.76. The Morgan fingerprint density at radius 1 is 1.50 bits per heavy atom. The van der Waals surface area contributed by atoms with E-state index >= 15 is 0 Å². The highest BCUT2D eigenvalue weighted by Crippen LogP contribution is 2.28. The first-order chi connectivity index (χ1) is 7.31. The molecule has 16 heavy (non-hydrogen) atoms. The van der Waals surface area contributed by atoms with Crippen LogP contribution in [-0.2, 0) is 0 Å². The van der Waals surface area contributed by atoms with E-state index in [0.29, 0.717) is 16.9 Å². The summed E-state index contributed by atoms with van der Waals surface area (Å²) in [5, 5.41) is 3.00. The van der Waals surface area contributed by atoms with Gasteiger partial charge in [0.1, 0.15) is 0 Å². The lowest BCUT2D eigenvalue weighted by atomic mass is 10.1. The largest absolute Gasteiger partial charge is 0.413 e. The number of aryl methyl sites for hydroxylation is 1. The summed E-state index contributed by atoms with van der Waals surface area (Å²) in [6, 6.07) is 1.69. The smallest absolute Gasteiger partial charge is 0.398 e. The molecule has 0 atom stereocenters. The minimum atomic E-state index is -0.544. The van der Waals surface area contributed by atoms with Crippen LogP contribution >= 0.6 is 11.3 Å². The molecule has 0 aromatic carbocycles. The fourth-order valence-corrected chi connectivity index (χ4v) is 1.91. The van der Waals surface area contributed by atoms with Gasteiger partial charge in [-0.05, 0) is 33.8 Å². The zero-order valence-electron chi connectivity index (χ0n) is 9.79. The van der Waals surface area contributed by atoms with Crippen molar-refractivity contribution in [2.24, 2.45) is 0 Å². The van der Waals surface area contributed by atoms with Gasteiger partial charge in [0.25, 0.3) is 0 Å². The maximum atomic E-state index is 11.5. The van der Waals surface area contributed by atoms with Crippen LogP contribution in [0.15, 0.2) is 6.07 Å². The molecule has 0 bridgehead atoms. The first-order valence-electron chi connectivity index (χ1n) is 4.87. The molecule has 0 aliphatic carbocycles. The lowest BCUT2D eigenvalue weighted by molar-refractivity contribution is 0.112. The van der Waals surface area contributed by atoms with Crippen LogP contribution in [0.1, 0.15) is 36.0 Å². The summed E-state index contributed by atoms with van der Waals surface area (Å²) in [6.07, 6.45) is 0.140. The Hall–Kier alpha value is -1.36. The van der Waals surface area contributed by atoms with Gasteiger partial charge in [-0.2, -0.15) is 0 Å². The number of hydrogen-bond acceptors (Lipinski definition) is 4. The fourth-order valence-electron chi connectivity index (χ4n) is 1.09. The van der Waals surface area contributed by atoms with Crippen molar-refractivity contribution < 1.29 is 14.3 Å². The van der Waals surface area contributed by atoms with Crippen molar-refractivity contribution in [3.8, 4) is 5.06 Å². The van der Waals surface area contributed by atoms with E-state index in [2.05, 4.69) is 5.32 Å². The van der Waals surface area contributed by atoms with E-state index in [0.717, 1.165) is 4.88 Å². The Kier molecular flexibility index (Phi) is 3.70. The molecule has 0 saturated carbocycles. The van der Waals surface area contributed by atoms with Crippen molar-refractivity contribution in [1.82, 2.24) is 5.32 Å². The van der Waals surface area contributed by atoms with Crippen LogP contribution in [0.5, 0.6) is 5.06 Å². The number of aldehydes is 1. The summed E-state index contributed by atoms with van der Waals surface area (Å²) >= 11 is 1.28. The van der Waals surface area contributed by atoms with Gasteiger partial charge in [0.05, 0.1) is 5.56 Å². The molecule has 0 fully saturated rings. The van der Waals surface area contributed by atoms with Gasteiger partial charge in [-0.3, -0.25) is 4.79 Å². The third kappa shape index (κ3) is 3.66. The minimum Gasteiger partial charge on any atom is -0.398 e. The van der Waals surface area contributed by atoms with Crippen LogP contribution in [0, 0.1) is 6.92 Å². The molecule has 0 radical (unpaired) electrons. The fraction of sp³-hybridized carbons (Fsp3) is 0.455. The number of amides is 1. The normalized spacial score (nSPS) is 11.0. The van der Waals surface area contributed by atoms with Crippen LogP contribution in [0.3, 0.4) is 0 Å². The van der Waals surface area contributed by atoms with Crippen molar-refractivity contribution in [2.45, 2.75) is 33.2 Å². The van der Waals surface area contributed by atoms with Crippen molar-refractivity contribution in [2.75, 3.05) is 0 Å². The molecular formula is C11H15NO3S. The van der Waals surface area contributed by atoms with Gasteiger partial charge in [-0.15, -0.1) is 11.3 Å². The van der Waals surface area contributed by atoms with Gasteiger partial charge in [0.15, 0.2) is 11.3 Å². The van der Waals surface area contributed by atoms with Crippen molar-refractivity contribution >= 4 is 23.7 Å². The Morgan fingerprint density at radius 2 is 2.12 bits per heavy atom. The van der Waals surface area contributed by atoms with Crippen molar-refractivity contribution in [3.05, 3.63) is 16.5 Å². The summed E-state index contributed by atoms with van der Waals surface area (Å²) < 4.78 is 5.07. The third-order valence-corrected chi connectivity index (χ3v) is 2.58. The topological polar surface area (TPSA) is 55.4 Å². The molecule has 0 aliphatic heterocycles. The zero-order chi connectivity index (χ0) is 12.3. The molecule has 4 nitrogen and oxygen atoms in total. The average molecular weight is 241 g/mol. The van der Waals surface area contributed by atoms with E-state index in [4.69, 9.17) is 4.74 Å². The van der Waals surface area contributed by atoms with Gasteiger partial charge in [0.2, 0.25) is 0 Å². The lowest BCUT2D eigenvalue weighted by Crippen LogP contribution is -2.42. The van der Waals surface area contributed by atoms with Gasteiger partial charge in [-0.25, -0.2) is 4.79 Å². The van der Waals surface area contributed by atoms with E-state index in [-0.39, 0.29) is 5.54 Å². The van der Waals surface area contributed by atoms with E-state index < -0.39 is 6.09 Å². The first-order valence-corrected chi connectivity index (χ1v) is 5.69. The SMILES string of the molecule is Cc1cc(C=O)c(OC(=O)NC(C)(C)C)s1. The molecule has 0 spiro atoms. The van der Waals surface area contributed by atoms with Crippen molar-refractivity contribution in [1.29, 1.82) is 0 Å². The van der Waals surface area contributed by atoms with E-state index in [1.165, 1.54) is 11.3 Å². The molecule has 0 unspecified atom stereocenters. The quantitative estimate of drug-likeness (QED) is 0.810. The molecule has 0 aliphatic rings. The number of ether oxygens (including phenoxy) is 1. The minimum absolute atomic E-state index is 0.342. The molecular weight excluding hydrogens is 226 g/mol. The second-order valence-electron chi connectivity index (χ2n) is 4.48. The van der Waals surface area contributed by atoms with Gasteiger partial charge in [-0.1, -0.05) is 0 Å². The highest BCUT2D eigenvalue weighted by atomic mass is 32.1. The van der Waals surface area contributed by atoms with Crippen molar-refractivity contribution in [3.63, 3.8) is 0 Å². The number of hydrogen-bond donors (Lipinski definition) is 1. The molecule has 1 aromatic heterocycles. The van der Waals surface area contributed by atoms with Gasteiger partial charge >= 0.3 is 6.09 Å². The molecule has 88 valence electrons. The second-order valence-corrected chi connectivity index (χ2v) is 5.70. The van der Waals surface area contributed by atoms with Gasteiger partial charge < -0.3 is 10.1 Å². The number of thiophene rings is 1. The summed E-state index contributed by atoms with van der Waals surface area (Å²) in [6.45, 7) is 7.42. The molecule has 1 rings (SSSR count). The molecule has 1 heterocycles. The third-order valence-electron chi connectivity index (χ3n) is 1.64. The molecule has 1 amide bonds. The maximum Gasteiger partial charge on any atom is 0.413 e. The van der Waals surface area contributed by atoms with E-state index in [1.807, 2.05) is 27.7 Å². The number of nitrogens with one attached hydrogen (secondary N) is 1. The van der Waals surface area contributed by atoms with E-state index in [9.17, 15) is 9.59 Å². The van der Waals surface area contributed by atoms with Gasteiger partial charge in [0, 0.05) is 10.4 Å². The van der Waals surface area contributed by atoms with E-state index in [1.54, 1.807) is 6.07 Å². The molecule has 1 aromatic rings. The van der Waals surface area contributed by atoms with Crippen LogP contribution in [0.2, 0.25) is 0 Å². The molecule has 1 N–H and O–H groups in total. The van der Waals surface area contributed by atoms with Crippen LogP contribution in [-0.4, -0.2) is 17.9 Å². The summed E-state index contributed by atoms with van der Waals surface area (Å²) in [4.78, 5) is 23.1. The number of carbonyl (C=O) groups is 2. The lowest BCUT2D eigenvalue weighted by Gasteiger charge is -2.19. The molecule has 0 saturated heterocycles. The number of rotatable bonds is 2. The molecule has 5 heteroatoms. The van der Waals surface area contributed by atoms with Crippen LogP contribution < -0.4 is 10.1 Å². The first kappa shape index (κ1) is 12.7. The Balaban J connectivity index is 2.73. The highest BCUT2D eigenvalue weighted by molar-refractivity contribution is 7.14. The summed E-state index contributed by atoms with van der Waals surface area (Å²) in [7, 11) is 0. The summed E-state index contributed by atoms with van der Waals surface area (Å²) in [5.74, 6) is 0. The standard InChI is InChI=1S/C11H15NO3S/c1-7-5-8(6-13)9(16-7)15-10(14)12-11(2,3)4/h5-6H,1-4H3,(H,12,14). The number of carbonyl (C=O) groups excluding carboxylic acids is 2. The Bertz CT molecular complexity index is 404. The van der Waals surface area contributed by atoms with Crippen LogP contribution in [0.25, 0.3) is 0 Å².